The minimum Gasteiger partial charge on any atom is -0.479 e. The summed E-state index contributed by atoms with van der Waals surface area (Å²) in [5.74, 6) is -0.260. The maximum absolute atomic E-state index is 12.9. The molecule has 1 fully saturated rings. The van der Waals surface area contributed by atoms with E-state index in [4.69, 9.17) is 4.52 Å². The minimum atomic E-state index is -1.22. The Bertz CT molecular complexity index is 809. The molecule has 0 bridgehead atoms. The second kappa shape index (κ2) is 6.08. The largest absolute Gasteiger partial charge is 0.479 e. The number of aliphatic carboxylic acids is 1. The number of rotatable bonds is 4. The van der Waals surface area contributed by atoms with E-state index in [1.54, 1.807) is 13.0 Å². The number of thioether (sulfide) groups is 1. The van der Waals surface area contributed by atoms with Gasteiger partial charge >= 0.3 is 5.97 Å². The van der Waals surface area contributed by atoms with Gasteiger partial charge in [0.2, 0.25) is 0 Å². The highest BCUT2D eigenvalue weighted by molar-refractivity contribution is 7.99. The van der Waals surface area contributed by atoms with Gasteiger partial charge in [0.05, 0.1) is 16.6 Å². The van der Waals surface area contributed by atoms with Crippen molar-refractivity contribution in [2.24, 2.45) is 0 Å². The van der Waals surface area contributed by atoms with Crippen LogP contribution < -0.4 is 5.32 Å². The molecule has 3 heterocycles. The average Bonchev–Trinajstić information content (AvgIpc) is 3.14. The number of aromatic nitrogens is 2. The maximum Gasteiger partial charge on any atom is 0.330 e. The van der Waals surface area contributed by atoms with Crippen LogP contribution >= 0.6 is 11.8 Å². The van der Waals surface area contributed by atoms with Crippen molar-refractivity contribution in [3.05, 3.63) is 23.0 Å². The number of hydrogen-bond acceptors (Lipinski definition) is 6. The van der Waals surface area contributed by atoms with Gasteiger partial charge in [0.1, 0.15) is 5.54 Å². The standard InChI is InChI=1S/C16H19N3O4S/c1-8(2)11-6-10(12-9(3)19-23-14(12)17-11)13(20)18-16(15(21)22)4-5-24-7-16/h6,8H,4-5,7H2,1-3H3,(H,18,20)(H,21,22). The average molecular weight is 349 g/mol. The Morgan fingerprint density at radius 3 is 2.79 bits per heavy atom. The molecule has 3 rings (SSSR count). The molecule has 2 aromatic rings. The Hall–Kier alpha value is -2.09. The summed E-state index contributed by atoms with van der Waals surface area (Å²) in [7, 11) is 0. The lowest BCUT2D eigenvalue weighted by molar-refractivity contribution is -0.143. The molecule has 2 N–H and O–H groups in total. The first kappa shape index (κ1) is 16.8. The van der Waals surface area contributed by atoms with Gasteiger partial charge in [-0.25, -0.2) is 9.78 Å². The van der Waals surface area contributed by atoms with Crippen LogP contribution in [0.3, 0.4) is 0 Å². The summed E-state index contributed by atoms with van der Waals surface area (Å²) in [6.07, 6.45) is 0.409. The van der Waals surface area contributed by atoms with E-state index in [2.05, 4.69) is 15.5 Å². The predicted molar refractivity (Wildman–Crippen MR) is 90.4 cm³/mol. The quantitative estimate of drug-likeness (QED) is 0.872. The van der Waals surface area contributed by atoms with E-state index in [1.165, 1.54) is 11.8 Å². The van der Waals surface area contributed by atoms with Gasteiger partial charge in [0.15, 0.2) is 0 Å². The Balaban J connectivity index is 2.05. The van der Waals surface area contributed by atoms with Crippen molar-refractivity contribution in [2.75, 3.05) is 11.5 Å². The van der Waals surface area contributed by atoms with Crippen molar-refractivity contribution in [3.63, 3.8) is 0 Å². The van der Waals surface area contributed by atoms with E-state index in [-0.39, 0.29) is 5.92 Å². The number of nitrogens with zero attached hydrogens (tertiary/aromatic N) is 2. The fourth-order valence-electron chi connectivity index (χ4n) is 2.76. The number of fused-ring (bicyclic) bond motifs is 1. The second-order valence-electron chi connectivity index (χ2n) is 6.34. The SMILES string of the molecule is Cc1noc2nc(C(C)C)cc(C(=O)NC3(C(=O)O)CCSC3)c12. The van der Waals surface area contributed by atoms with Crippen molar-refractivity contribution >= 4 is 34.7 Å². The molecule has 128 valence electrons. The summed E-state index contributed by atoms with van der Waals surface area (Å²) in [5.41, 5.74) is 0.700. The number of pyridine rings is 1. The number of carbonyl (C=O) groups excluding carboxylic acids is 1. The molecule has 24 heavy (non-hydrogen) atoms. The number of carboxylic acid groups (broad SMARTS) is 1. The highest BCUT2D eigenvalue weighted by atomic mass is 32.2. The first-order chi connectivity index (χ1) is 11.3. The third-order valence-electron chi connectivity index (χ3n) is 4.26. The molecular formula is C16H19N3O4S. The number of amides is 1. The van der Waals surface area contributed by atoms with Crippen molar-refractivity contribution in [1.82, 2.24) is 15.5 Å². The smallest absolute Gasteiger partial charge is 0.330 e. The van der Waals surface area contributed by atoms with Gasteiger partial charge in [0, 0.05) is 11.4 Å². The van der Waals surface area contributed by atoms with E-state index in [9.17, 15) is 14.7 Å². The zero-order valence-corrected chi connectivity index (χ0v) is 14.6. The fourth-order valence-corrected chi connectivity index (χ4v) is 4.08. The predicted octanol–water partition coefficient (Wildman–Crippen LogP) is 2.34. The first-order valence-corrected chi connectivity index (χ1v) is 8.90. The van der Waals surface area contributed by atoms with Gasteiger partial charge in [-0.15, -0.1) is 0 Å². The second-order valence-corrected chi connectivity index (χ2v) is 7.45. The summed E-state index contributed by atoms with van der Waals surface area (Å²) in [4.78, 5) is 28.9. The van der Waals surface area contributed by atoms with Gasteiger partial charge in [0.25, 0.3) is 11.6 Å². The number of carboxylic acids is 1. The minimum absolute atomic E-state index is 0.0989. The van der Waals surface area contributed by atoms with Crippen LogP contribution in [0.4, 0.5) is 0 Å². The van der Waals surface area contributed by atoms with Crippen molar-refractivity contribution in [1.29, 1.82) is 0 Å². The molecule has 0 saturated carbocycles. The molecule has 2 aromatic heterocycles. The Kier molecular flexibility index (Phi) is 4.25. The molecule has 7 nitrogen and oxygen atoms in total. The molecular weight excluding hydrogens is 330 g/mol. The fraction of sp³-hybridized carbons (Fsp3) is 0.500. The van der Waals surface area contributed by atoms with E-state index < -0.39 is 17.4 Å². The molecule has 0 radical (unpaired) electrons. The van der Waals surface area contributed by atoms with E-state index in [1.807, 2.05) is 13.8 Å². The summed E-state index contributed by atoms with van der Waals surface area (Å²) < 4.78 is 5.21. The monoisotopic (exact) mass is 349 g/mol. The molecule has 1 atom stereocenters. The maximum atomic E-state index is 12.9. The molecule has 1 aliphatic rings. The first-order valence-electron chi connectivity index (χ1n) is 7.74. The number of hydrogen-bond donors (Lipinski definition) is 2. The highest BCUT2D eigenvalue weighted by Gasteiger charge is 2.43. The van der Waals surface area contributed by atoms with Crippen molar-refractivity contribution < 1.29 is 19.2 Å². The van der Waals surface area contributed by atoms with Gasteiger partial charge in [-0.3, -0.25) is 4.79 Å². The topological polar surface area (TPSA) is 105 Å². The molecule has 1 amide bonds. The normalized spacial score (nSPS) is 20.7. The van der Waals surface area contributed by atoms with Gasteiger partial charge < -0.3 is 14.9 Å². The third-order valence-corrected chi connectivity index (χ3v) is 5.45. The summed E-state index contributed by atoms with van der Waals surface area (Å²) in [6.45, 7) is 5.66. The van der Waals surface area contributed by atoms with E-state index >= 15 is 0 Å². The summed E-state index contributed by atoms with van der Waals surface area (Å²) in [5, 5.41) is 16.7. The lowest BCUT2D eigenvalue weighted by Gasteiger charge is -2.24. The number of nitrogens with one attached hydrogen (secondary N) is 1. The highest BCUT2D eigenvalue weighted by Crippen LogP contribution is 2.30. The van der Waals surface area contributed by atoms with Crippen LogP contribution in [0, 0.1) is 6.92 Å². The van der Waals surface area contributed by atoms with Gasteiger partial charge in [-0.1, -0.05) is 19.0 Å². The molecule has 0 spiro atoms. The van der Waals surface area contributed by atoms with Crippen LogP contribution in [0.25, 0.3) is 11.1 Å². The Morgan fingerprint density at radius 1 is 1.46 bits per heavy atom. The van der Waals surface area contributed by atoms with Crippen LogP contribution in [0.2, 0.25) is 0 Å². The Labute approximate surface area is 143 Å². The number of aryl methyl sites for hydroxylation is 1. The Morgan fingerprint density at radius 2 is 2.21 bits per heavy atom. The van der Waals surface area contributed by atoms with Crippen LogP contribution in [0.5, 0.6) is 0 Å². The van der Waals surface area contributed by atoms with Crippen molar-refractivity contribution in [2.45, 2.75) is 38.6 Å². The van der Waals surface area contributed by atoms with Crippen molar-refractivity contribution in [3.8, 4) is 0 Å². The van der Waals surface area contributed by atoms with Gasteiger partial charge in [-0.05, 0) is 31.1 Å². The summed E-state index contributed by atoms with van der Waals surface area (Å²) >= 11 is 1.52. The van der Waals surface area contributed by atoms with E-state index in [0.29, 0.717) is 46.0 Å². The lowest BCUT2D eigenvalue weighted by atomic mass is 9.97. The van der Waals surface area contributed by atoms with Crippen LogP contribution in [-0.2, 0) is 4.79 Å². The molecule has 1 saturated heterocycles. The molecule has 0 aliphatic carbocycles. The molecule has 1 aliphatic heterocycles. The number of carbonyl (C=O) groups is 2. The van der Waals surface area contributed by atoms with Crippen LogP contribution in [0.1, 0.15) is 47.9 Å². The third kappa shape index (κ3) is 2.75. The molecule has 8 heteroatoms. The summed E-state index contributed by atoms with van der Waals surface area (Å²) in [6, 6.07) is 1.70. The molecule has 1 unspecified atom stereocenters. The zero-order chi connectivity index (χ0) is 17.5. The van der Waals surface area contributed by atoms with Crippen LogP contribution in [0.15, 0.2) is 10.6 Å². The lowest BCUT2D eigenvalue weighted by Crippen LogP contribution is -2.54. The molecule has 0 aromatic carbocycles. The van der Waals surface area contributed by atoms with Gasteiger partial charge in [-0.2, -0.15) is 11.8 Å². The van der Waals surface area contributed by atoms with E-state index in [0.717, 1.165) is 0 Å². The van der Waals surface area contributed by atoms with Crippen LogP contribution in [-0.4, -0.2) is 44.2 Å². The zero-order valence-electron chi connectivity index (χ0n) is 13.8.